The Balaban J connectivity index is 1.41. The van der Waals surface area contributed by atoms with Crippen LogP contribution in [-0.4, -0.2) is 31.1 Å². The van der Waals surface area contributed by atoms with Gasteiger partial charge >= 0.3 is 11.8 Å². The number of alkyl halides is 3. The summed E-state index contributed by atoms with van der Waals surface area (Å²) in [5, 5.41) is 0.873. The topological polar surface area (TPSA) is 36.7 Å². The van der Waals surface area contributed by atoms with Crippen LogP contribution in [0.25, 0.3) is 11.0 Å². The minimum absolute atomic E-state index is 0.376. The summed E-state index contributed by atoms with van der Waals surface area (Å²) in [4.78, 5) is 15.6. The Kier molecular flexibility index (Phi) is 4.85. The number of fused-ring (bicyclic) bond motifs is 1. The van der Waals surface area contributed by atoms with Crippen molar-refractivity contribution in [1.82, 2.24) is 4.90 Å². The van der Waals surface area contributed by atoms with Gasteiger partial charge in [0.25, 0.3) is 0 Å². The van der Waals surface area contributed by atoms with Crippen LogP contribution in [0.5, 0.6) is 0 Å². The first kappa shape index (κ1) is 18.6. The summed E-state index contributed by atoms with van der Waals surface area (Å²) in [6, 6.07) is 14.4. The Labute approximate surface area is 159 Å². The van der Waals surface area contributed by atoms with Gasteiger partial charge in [-0.05, 0) is 35.9 Å². The summed E-state index contributed by atoms with van der Waals surface area (Å²) >= 11 is 0. The van der Waals surface area contributed by atoms with Crippen molar-refractivity contribution in [2.45, 2.75) is 12.7 Å². The molecule has 0 amide bonds. The SMILES string of the molecule is O=c1ccc2ccc(CN3CCN(c4cccc(C(F)(F)F)c4)CC3)cc2o1. The Morgan fingerprint density at radius 2 is 1.68 bits per heavy atom. The third-order valence-corrected chi connectivity index (χ3v) is 5.00. The second-order valence-electron chi connectivity index (χ2n) is 6.94. The molecule has 0 N–H and O–H groups in total. The van der Waals surface area contributed by atoms with Crippen molar-refractivity contribution in [3.63, 3.8) is 0 Å². The van der Waals surface area contributed by atoms with Gasteiger partial charge in [0, 0.05) is 49.9 Å². The van der Waals surface area contributed by atoms with Gasteiger partial charge in [-0.15, -0.1) is 0 Å². The molecule has 1 aliphatic heterocycles. The maximum absolute atomic E-state index is 12.9. The highest BCUT2D eigenvalue weighted by atomic mass is 19.4. The normalized spacial score (nSPS) is 15.9. The molecule has 1 aliphatic rings. The molecular formula is C21H19F3N2O2. The predicted molar refractivity (Wildman–Crippen MR) is 101 cm³/mol. The molecule has 0 aliphatic carbocycles. The maximum atomic E-state index is 12.9. The van der Waals surface area contributed by atoms with E-state index in [-0.39, 0.29) is 5.63 Å². The van der Waals surface area contributed by atoms with Crippen molar-refractivity contribution >= 4 is 16.7 Å². The largest absolute Gasteiger partial charge is 0.423 e. The van der Waals surface area contributed by atoms with E-state index in [0.29, 0.717) is 30.9 Å². The molecule has 0 bridgehead atoms. The predicted octanol–water partition coefficient (Wildman–Crippen LogP) is 4.13. The third-order valence-electron chi connectivity index (χ3n) is 5.00. The van der Waals surface area contributed by atoms with Crippen LogP contribution >= 0.6 is 0 Å². The standard InChI is InChI=1S/C21H19F3N2O2/c22-21(23,24)17-2-1-3-18(13-17)26-10-8-25(9-11-26)14-15-4-5-16-6-7-20(27)28-19(16)12-15/h1-7,12-13H,8-11,14H2. The Hall–Kier alpha value is -2.80. The molecule has 4 nitrogen and oxygen atoms in total. The van der Waals surface area contributed by atoms with E-state index in [0.717, 1.165) is 30.1 Å². The second kappa shape index (κ2) is 7.31. The van der Waals surface area contributed by atoms with Crippen molar-refractivity contribution < 1.29 is 17.6 Å². The summed E-state index contributed by atoms with van der Waals surface area (Å²) in [5.74, 6) is 0. The van der Waals surface area contributed by atoms with Gasteiger partial charge in [-0.3, -0.25) is 4.90 Å². The first-order chi connectivity index (χ1) is 13.4. The molecule has 2 aromatic carbocycles. The molecule has 4 rings (SSSR count). The lowest BCUT2D eigenvalue weighted by Gasteiger charge is -2.36. The zero-order chi connectivity index (χ0) is 19.7. The van der Waals surface area contributed by atoms with Crippen LogP contribution in [0, 0.1) is 0 Å². The number of rotatable bonds is 3. The molecule has 28 heavy (non-hydrogen) atoms. The number of hydrogen-bond donors (Lipinski definition) is 0. The maximum Gasteiger partial charge on any atom is 0.416 e. The van der Waals surface area contributed by atoms with Gasteiger partial charge in [-0.1, -0.05) is 18.2 Å². The highest BCUT2D eigenvalue weighted by molar-refractivity contribution is 5.76. The molecule has 0 unspecified atom stereocenters. The third kappa shape index (κ3) is 4.04. The number of piperazine rings is 1. The summed E-state index contributed by atoms with van der Waals surface area (Å²) in [6.07, 6.45) is -4.33. The quantitative estimate of drug-likeness (QED) is 0.632. The van der Waals surface area contributed by atoms with E-state index >= 15 is 0 Å². The number of halogens is 3. The summed E-state index contributed by atoms with van der Waals surface area (Å²) in [7, 11) is 0. The average molecular weight is 388 g/mol. The molecule has 1 aromatic heterocycles. The molecule has 7 heteroatoms. The highest BCUT2D eigenvalue weighted by Crippen LogP contribution is 2.32. The molecule has 1 fully saturated rings. The van der Waals surface area contributed by atoms with E-state index in [9.17, 15) is 18.0 Å². The van der Waals surface area contributed by atoms with Crippen molar-refractivity contribution in [1.29, 1.82) is 0 Å². The van der Waals surface area contributed by atoms with Gasteiger partial charge in [-0.25, -0.2) is 4.79 Å². The lowest BCUT2D eigenvalue weighted by atomic mass is 10.1. The van der Waals surface area contributed by atoms with Crippen molar-refractivity contribution in [3.05, 3.63) is 76.1 Å². The Morgan fingerprint density at radius 1 is 0.929 bits per heavy atom. The molecule has 0 saturated carbocycles. The lowest BCUT2D eigenvalue weighted by Crippen LogP contribution is -2.46. The first-order valence-electron chi connectivity index (χ1n) is 9.06. The summed E-state index contributed by atoms with van der Waals surface area (Å²) in [5.41, 5.74) is 1.20. The van der Waals surface area contributed by atoms with Gasteiger partial charge < -0.3 is 9.32 Å². The van der Waals surface area contributed by atoms with E-state index in [2.05, 4.69) is 4.90 Å². The zero-order valence-corrected chi connectivity index (χ0v) is 15.1. The minimum Gasteiger partial charge on any atom is -0.423 e. The van der Waals surface area contributed by atoms with Crippen LogP contribution in [0.15, 0.2) is 63.8 Å². The fourth-order valence-corrected chi connectivity index (χ4v) is 3.50. The molecule has 2 heterocycles. The van der Waals surface area contributed by atoms with Crippen LogP contribution in [0.2, 0.25) is 0 Å². The van der Waals surface area contributed by atoms with Crippen molar-refractivity contribution in [3.8, 4) is 0 Å². The number of nitrogens with zero attached hydrogens (tertiary/aromatic N) is 2. The van der Waals surface area contributed by atoms with E-state index in [1.54, 1.807) is 12.1 Å². The van der Waals surface area contributed by atoms with Crippen LogP contribution < -0.4 is 10.5 Å². The fraction of sp³-hybridized carbons (Fsp3) is 0.286. The molecular weight excluding hydrogens is 369 g/mol. The average Bonchev–Trinajstić information content (AvgIpc) is 2.68. The Morgan fingerprint density at radius 3 is 2.43 bits per heavy atom. The summed E-state index contributed by atoms with van der Waals surface area (Å²) in [6.45, 7) is 3.50. The molecule has 1 saturated heterocycles. The van der Waals surface area contributed by atoms with Crippen molar-refractivity contribution in [2.24, 2.45) is 0 Å². The van der Waals surface area contributed by atoms with E-state index < -0.39 is 11.7 Å². The lowest BCUT2D eigenvalue weighted by molar-refractivity contribution is -0.137. The molecule has 146 valence electrons. The monoisotopic (exact) mass is 388 g/mol. The Bertz CT molecular complexity index is 1040. The van der Waals surface area contributed by atoms with Gasteiger partial charge in [0.1, 0.15) is 5.58 Å². The van der Waals surface area contributed by atoms with Gasteiger partial charge in [0.05, 0.1) is 5.56 Å². The second-order valence-corrected chi connectivity index (χ2v) is 6.94. The first-order valence-corrected chi connectivity index (χ1v) is 9.06. The molecule has 0 spiro atoms. The highest BCUT2D eigenvalue weighted by Gasteiger charge is 2.31. The number of hydrogen-bond acceptors (Lipinski definition) is 4. The van der Waals surface area contributed by atoms with Crippen LogP contribution in [-0.2, 0) is 12.7 Å². The molecule has 3 aromatic rings. The van der Waals surface area contributed by atoms with Crippen LogP contribution in [0.1, 0.15) is 11.1 Å². The van der Waals surface area contributed by atoms with Crippen LogP contribution in [0.4, 0.5) is 18.9 Å². The van der Waals surface area contributed by atoms with Crippen molar-refractivity contribution in [2.75, 3.05) is 31.1 Å². The van der Waals surface area contributed by atoms with Gasteiger partial charge in [-0.2, -0.15) is 13.2 Å². The molecule has 0 atom stereocenters. The molecule has 0 radical (unpaired) electrons. The minimum atomic E-state index is -4.33. The fourth-order valence-electron chi connectivity index (χ4n) is 3.50. The van der Waals surface area contributed by atoms with Crippen LogP contribution in [0.3, 0.4) is 0 Å². The summed E-state index contributed by atoms with van der Waals surface area (Å²) < 4.78 is 44.0. The number of benzene rings is 2. The van der Waals surface area contributed by atoms with Gasteiger partial charge in [0.2, 0.25) is 0 Å². The van der Waals surface area contributed by atoms with E-state index in [1.165, 1.54) is 18.2 Å². The van der Waals surface area contributed by atoms with E-state index in [4.69, 9.17) is 4.42 Å². The van der Waals surface area contributed by atoms with Gasteiger partial charge in [0.15, 0.2) is 0 Å². The van der Waals surface area contributed by atoms with E-state index in [1.807, 2.05) is 23.1 Å². The zero-order valence-electron chi connectivity index (χ0n) is 15.1. The smallest absolute Gasteiger partial charge is 0.416 e. The number of anilines is 1.